The number of hydrogen-bond acceptors (Lipinski definition) is 2. The molecule has 1 heterocycles. The van der Waals surface area contributed by atoms with Crippen molar-refractivity contribution in [3.63, 3.8) is 0 Å². The third-order valence-corrected chi connectivity index (χ3v) is 4.63. The molecule has 1 aliphatic carbocycles. The van der Waals surface area contributed by atoms with E-state index in [1.807, 2.05) is 4.90 Å². The Morgan fingerprint density at radius 3 is 2.76 bits per heavy atom. The molecule has 1 saturated heterocycles. The maximum absolute atomic E-state index is 11.9. The highest BCUT2D eigenvalue weighted by Gasteiger charge is 2.48. The molecule has 1 amide bonds. The first kappa shape index (κ1) is 13.2. The number of likely N-dealkylation sites (tertiary alicyclic amines) is 1. The summed E-state index contributed by atoms with van der Waals surface area (Å²) < 4.78 is 5.34. The van der Waals surface area contributed by atoms with Crippen molar-refractivity contribution in [2.75, 3.05) is 32.7 Å². The average molecular weight is 260 g/mol. The minimum atomic E-state index is 0.213. The van der Waals surface area contributed by atoms with Crippen LogP contribution in [0.25, 0.3) is 0 Å². The molecule has 0 radical (unpaired) electrons. The largest absolute Gasteiger partial charge is 0.384 e. The van der Waals surface area contributed by atoms with Crippen molar-refractivity contribution in [3.8, 4) is 0 Å². The quantitative estimate of drug-likeness (QED) is 0.725. The molecule has 0 aromatic rings. The van der Waals surface area contributed by atoms with Gasteiger partial charge in [0.1, 0.15) is 0 Å². The number of hydrogen-bond donors (Lipinski definition) is 0. The third-order valence-electron chi connectivity index (χ3n) is 4.44. The summed E-state index contributed by atoms with van der Waals surface area (Å²) in [4.78, 5) is 13.9. The number of ether oxygens (including phenoxy) is 1. The Morgan fingerprint density at radius 1 is 1.47 bits per heavy atom. The molecule has 0 aromatic carbocycles. The highest BCUT2D eigenvalue weighted by molar-refractivity contribution is 6.18. The van der Waals surface area contributed by atoms with Gasteiger partial charge in [0.15, 0.2) is 0 Å². The Kier molecular flexibility index (Phi) is 4.31. The van der Waals surface area contributed by atoms with E-state index >= 15 is 0 Å². The molecule has 1 atom stereocenters. The maximum Gasteiger partial charge on any atom is 0.223 e. The highest BCUT2D eigenvalue weighted by Crippen LogP contribution is 2.49. The first-order valence-corrected chi connectivity index (χ1v) is 7.08. The molecule has 2 fully saturated rings. The van der Waals surface area contributed by atoms with E-state index in [-0.39, 0.29) is 5.91 Å². The molecule has 1 saturated carbocycles. The predicted octanol–water partition coefficient (Wildman–Crippen LogP) is 2.28. The van der Waals surface area contributed by atoms with Crippen LogP contribution in [0.3, 0.4) is 0 Å². The number of methoxy groups -OCH3 is 1. The monoisotopic (exact) mass is 259 g/mol. The fourth-order valence-electron chi connectivity index (χ4n) is 3.54. The van der Waals surface area contributed by atoms with Crippen LogP contribution < -0.4 is 0 Å². The molecule has 3 nitrogen and oxygen atoms in total. The second-order valence-corrected chi connectivity index (χ2v) is 5.81. The predicted molar refractivity (Wildman–Crippen MR) is 68.2 cm³/mol. The van der Waals surface area contributed by atoms with E-state index in [1.165, 1.54) is 25.7 Å². The lowest BCUT2D eigenvalue weighted by molar-refractivity contribution is -0.130. The molecule has 2 rings (SSSR count). The van der Waals surface area contributed by atoms with Gasteiger partial charge >= 0.3 is 0 Å². The fourth-order valence-corrected chi connectivity index (χ4v) is 3.70. The zero-order chi connectivity index (χ0) is 12.3. The Hall–Kier alpha value is -0.280. The van der Waals surface area contributed by atoms with Crippen molar-refractivity contribution in [2.45, 2.75) is 32.1 Å². The van der Waals surface area contributed by atoms with Crippen molar-refractivity contribution in [3.05, 3.63) is 0 Å². The number of amides is 1. The summed E-state index contributed by atoms with van der Waals surface area (Å²) in [6.45, 7) is 2.57. The van der Waals surface area contributed by atoms with Gasteiger partial charge in [0.25, 0.3) is 0 Å². The van der Waals surface area contributed by atoms with Gasteiger partial charge in [-0.2, -0.15) is 0 Å². The molecule has 0 bridgehead atoms. The fraction of sp³-hybridized carbons (Fsp3) is 0.923. The molecule has 4 heteroatoms. The van der Waals surface area contributed by atoms with E-state index in [2.05, 4.69) is 0 Å². The van der Waals surface area contributed by atoms with Crippen molar-refractivity contribution in [1.82, 2.24) is 4.90 Å². The van der Waals surface area contributed by atoms with Crippen molar-refractivity contribution in [1.29, 1.82) is 0 Å². The zero-order valence-corrected chi connectivity index (χ0v) is 11.3. The van der Waals surface area contributed by atoms with Gasteiger partial charge in [-0.3, -0.25) is 4.79 Å². The molecule has 17 heavy (non-hydrogen) atoms. The number of rotatable bonds is 4. The molecule has 2 aliphatic rings. The highest BCUT2D eigenvalue weighted by atomic mass is 35.5. The van der Waals surface area contributed by atoms with E-state index in [9.17, 15) is 4.79 Å². The molecule has 0 N–H and O–H groups in total. The van der Waals surface area contributed by atoms with Crippen LogP contribution in [0.5, 0.6) is 0 Å². The minimum absolute atomic E-state index is 0.213. The number of halogens is 1. The van der Waals surface area contributed by atoms with E-state index in [1.54, 1.807) is 7.11 Å². The van der Waals surface area contributed by atoms with Gasteiger partial charge in [0.2, 0.25) is 5.91 Å². The van der Waals surface area contributed by atoms with Gasteiger partial charge in [0, 0.05) is 38.4 Å². The first-order chi connectivity index (χ1) is 8.22. The summed E-state index contributed by atoms with van der Waals surface area (Å²) in [6, 6.07) is 0. The topological polar surface area (TPSA) is 29.5 Å². The van der Waals surface area contributed by atoms with Crippen LogP contribution in [-0.4, -0.2) is 43.5 Å². The second kappa shape index (κ2) is 5.57. The van der Waals surface area contributed by atoms with Crippen LogP contribution in [0.1, 0.15) is 32.1 Å². The van der Waals surface area contributed by atoms with Crippen LogP contribution >= 0.6 is 11.6 Å². The molecule has 1 spiro atoms. The first-order valence-electron chi connectivity index (χ1n) is 6.54. The summed E-state index contributed by atoms with van der Waals surface area (Å²) in [5.41, 5.74) is 0.345. The summed E-state index contributed by atoms with van der Waals surface area (Å²) in [5, 5.41) is 0. The molecular weight excluding hydrogens is 238 g/mol. The standard InChI is InChI=1S/C13H22ClNO2/c1-17-9-11-8-15(12(16)4-7-14)10-13(11)5-2-3-6-13/h11H,2-10H2,1H3/t11-/m0/s1. The Bertz CT molecular complexity index is 277. The molecule has 1 aliphatic heterocycles. The second-order valence-electron chi connectivity index (χ2n) is 5.43. The third kappa shape index (κ3) is 2.60. The lowest BCUT2D eigenvalue weighted by Crippen LogP contribution is -2.31. The van der Waals surface area contributed by atoms with E-state index in [4.69, 9.17) is 16.3 Å². The van der Waals surface area contributed by atoms with Crippen molar-refractivity contribution >= 4 is 17.5 Å². The smallest absolute Gasteiger partial charge is 0.223 e. The number of carbonyl (C=O) groups is 1. The molecule has 98 valence electrons. The lowest BCUT2D eigenvalue weighted by atomic mass is 9.77. The van der Waals surface area contributed by atoms with Gasteiger partial charge in [-0.05, 0) is 18.3 Å². The van der Waals surface area contributed by atoms with Crippen LogP contribution in [-0.2, 0) is 9.53 Å². The van der Waals surface area contributed by atoms with Crippen molar-refractivity contribution in [2.24, 2.45) is 11.3 Å². The number of carbonyl (C=O) groups excluding carboxylic acids is 1. The van der Waals surface area contributed by atoms with Crippen LogP contribution in [0, 0.1) is 11.3 Å². The molecule has 0 unspecified atom stereocenters. The summed E-state index contributed by atoms with van der Waals surface area (Å²) >= 11 is 5.65. The van der Waals surface area contributed by atoms with Gasteiger partial charge in [-0.15, -0.1) is 11.6 Å². The Morgan fingerprint density at radius 2 is 2.18 bits per heavy atom. The summed E-state index contributed by atoms with van der Waals surface area (Å²) in [5.74, 6) is 1.16. The number of alkyl halides is 1. The van der Waals surface area contributed by atoms with E-state index < -0.39 is 0 Å². The van der Waals surface area contributed by atoms with Crippen LogP contribution in [0.15, 0.2) is 0 Å². The summed E-state index contributed by atoms with van der Waals surface area (Å²) in [6.07, 6.45) is 5.59. The van der Waals surface area contributed by atoms with Gasteiger partial charge in [0.05, 0.1) is 6.61 Å². The Balaban J connectivity index is 2.03. The average Bonchev–Trinajstić information content (AvgIpc) is 2.90. The van der Waals surface area contributed by atoms with Crippen molar-refractivity contribution < 1.29 is 9.53 Å². The zero-order valence-electron chi connectivity index (χ0n) is 10.6. The molecule has 0 aromatic heterocycles. The lowest BCUT2D eigenvalue weighted by Gasteiger charge is -2.29. The SMILES string of the molecule is COC[C@@H]1CN(C(=O)CCCl)CC12CCCC2. The number of nitrogens with zero attached hydrogens (tertiary/aromatic N) is 1. The maximum atomic E-state index is 11.9. The van der Waals surface area contributed by atoms with Gasteiger partial charge in [-0.25, -0.2) is 0 Å². The van der Waals surface area contributed by atoms with Gasteiger partial charge in [-0.1, -0.05) is 12.8 Å². The van der Waals surface area contributed by atoms with Gasteiger partial charge < -0.3 is 9.64 Å². The minimum Gasteiger partial charge on any atom is -0.384 e. The molecular formula is C13H22ClNO2. The van der Waals surface area contributed by atoms with Crippen LogP contribution in [0.2, 0.25) is 0 Å². The Labute approximate surface area is 108 Å². The summed E-state index contributed by atoms with van der Waals surface area (Å²) in [7, 11) is 1.76. The normalized spacial score (nSPS) is 26.9. The van der Waals surface area contributed by atoms with E-state index in [0.29, 0.717) is 23.6 Å². The van der Waals surface area contributed by atoms with Crippen LogP contribution in [0.4, 0.5) is 0 Å². The van der Waals surface area contributed by atoms with E-state index in [0.717, 1.165) is 19.7 Å².